The van der Waals surface area contributed by atoms with Crippen LogP contribution in [0.5, 0.6) is 0 Å². The van der Waals surface area contributed by atoms with Crippen LogP contribution in [0.1, 0.15) is 45.4 Å². The first kappa shape index (κ1) is 14.8. The number of nitrogens with zero attached hydrogens (tertiary/aromatic N) is 1. The molecule has 1 unspecified atom stereocenters. The summed E-state index contributed by atoms with van der Waals surface area (Å²) in [5.74, 6) is 0.0884. The molecule has 0 aliphatic carbocycles. The van der Waals surface area contributed by atoms with Gasteiger partial charge in [-0.1, -0.05) is 39.0 Å². The predicted octanol–water partition coefficient (Wildman–Crippen LogP) is 2.81. The molecule has 1 heterocycles. The molecule has 1 fully saturated rings. The van der Waals surface area contributed by atoms with Gasteiger partial charge in [0.1, 0.15) is 5.38 Å². The van der Waals surface area contributed by atoms with Gasteiger partial charge in [0.05, 0.1) is 13.2 Å². The molecule has 0 aromatic rings. The summed E-state index contributed by atoms with van der Waals surface area (Å²) in [6.45, 7) is 4.87. The van der Waals surface area contributed by atoms with Crippen molar-refractivity contribution in [3.05, 3.63) is 0 Å². The van der Waals surface area contributed by atoms with Crippen molar-refractivity contribution in [2.45, 2.75) is 50.8 Å². The molecular formula is C13H24ClNO2. The minimum absolute atomic E-state index is 0.0884. The van der Waals surface area contributed by atoms with E-state index in [1.165, 1.54) is 25.7 Å². The van der Waals surface area contributed by atoms with E-state index in [-0.39, 0.29) is 11.3 Å². The summed E-state index contributed by atoms with van der Waals surface area (Å²) in [7, 11) is 0. The fourth-order valence-corrected chi connectivity index (χ4v) is 2.32. The van der Waals surface area contributed by atoms with Crippen LogP contribution in [0.3, 0.4) is 0 Å². The summed E-state index contributed by atoms with van der Waals surface area (Å²) in [5, 5.41) is -0.338. The van der Waals surface area contributed by atoms with E-state index in [4.69, 9.17) is 16.3 Å². The molecule has 0 N–H and O–H groups in total. The van der Waals surface area contributed by atoms with Gasteiger partial charge in [-0.2, -0.15) is 0 Å². The summed E-state index contributed by atoms with van der Waals surface area (Å²) in [6.07, 6.45) is 6.84. The van der Waals surface area contributed by atoms with Crippen LogP contribution in [0.4, 0.5) is 0 Å². The van der Waals surface area contributed by atoms with Gasteiger partial charge in [0.2, 0.25) is 5.91 Å². The smallest absolute Gasteiger partial charge is 0.240 e. The van der Waals surface area contributed by atoms with Crippen molar-refractivity contribution in [1.29, 1.82) is 0 Å². The molecule has 0 spiro atoms. The molecule has 17 heavy (non-hydrogen) atoms. The Morgan fingerprint density at radius 2 is 1.88 bits per heavy atom. The highest BCUT2D eigenvalue weighted by Gasteiger charge is 2.23. The number of hydrogen-bond donors (Lipinski definition) is 0. The Labute approximate surface area is 109 Å². The molecule has 0 bridgehead atoms. The largest absolute Gasteiger partial charge is 0.378 e. The van der Waals surface area contributed by atoms with Crippen molar-refractivity contribution in [1.82, 2.24) is 4.90 Å². The molecule has 1 atom stereocenters. The molecule has 1 rings (SSSR count). The topological polar surface area (TPSA) is 29.5 Å². The molecule has 0 saturated carbocycles. The summed E-state index contributed by atoms with van der Waals surface area (Å²) < 4.78 is 5.22. The first-order valence-electron chi connectivity index (χ1n) is 6.76. The molecular weight excluding hydrogens is 238 g/mol. The zero-order valence-electron chi connectivity index (χ0n) is 10.8. The maximum Gasteiger partial charge on any atom is 0.240 e. The maximum atomic E-state index is 12.0. The van der Waals surface area contributed by atoms with E-state index < -0.39 is 0 Å². The van der Waals surface area contributed by atoms with Crippen LogP contribution < -0.4 is 0 Å². The maximum absolute atomic E-state index is 12.0. The number of ether oxygens (including phenoxy) is 1. The lowest BCUT2D eigenvalue weighted by atomic mass is 10.1. The predicted molar refractivity (Wildman–Crippen MR) is 70.4 cm³/mol. The number of morpholine rings is 1. The molecule has 1 aliphatic heterocycles. The van der Waals surface area contributed by atoms with E-state index >= 15 is 0 Å². The van der Waals surface area contributed by atoms with Crippen molar-refractivity contribution in [2.24, 2.45) is 0 Å². The third-order valence-electron chi connectivity index (χ3n) is 3.15. The van der Waals surface area contributed by atoms with Crippen molar-refractivity contribution in [3.63, 3.8) is 0 Å². The molecule has 100 valence electrons. The molecule has 3 nitrogen and oxygen atoms in total. The number of hydrogen-bond acceptors (Lipinski definition) is 2. The number of halogens is 1. The summed E-state index contributed by atoms with van der Waals surface area (Å²) in [6, 6.07) is 0. The number of rotatable bonds is 7. The van der Waals surface area contributed by atoms with E-state index in [9.17, 15) is 4.79 Å². The van der Waals surface area contributed by atoms with E-state index in [0.29, 0.717) is 26.3 Å². The molecule has 0 aromatic carbocycles. The highest BCUT2D eigenvalue weighted by molar-refractivity contribution is 6.30. The van der Waals surface area contributed by atoms with Crippen LogP contribution in [0.2, 0.25) is 0 Å². The molecule has 0 radical (unpaired) electrons. The lowest BCUT2D eigenvalue weighted by Crippen LogP contribution is -2.44. The second kappa shape index (κ2) is 8.76. The first-order valence-corrected chi connectivity index (χ1v) is 7.20. The molecule has 1 amide bonds. The van der Waals surface area contributed by atoms with Crippen molar-refractivity contribution < 1.29 is 9.53 Å². The van der Waals surface area contributed by atoms with E-state index in [0.717, 1.165) is 12.8 Å². The normalized spacial score (nSPS) is 18.1. The zero-order valence-corrected chi connectivity index (χ0v) is 11.5. The Balaban J connectivity index is 2.12. The third kappa shape index (κ3) is 5.73. The lowest BCUT2D eigenvalue weighted by molar-refractivity contribution is -0.135. The first-order chi connectivity index (χ1) is 8.25. The van der Waals surface area contributed by atoms with Crippen LogP contribution in [0, 0.1) is 0 Å². The van der Waals surface area contributed by atoms with Crippen LogP contribution in [-0.2, 0) is 9.53 Å². The van der Waals surface area contributed by atoms with Crippen LogP contribution in [-0.4, -0.2) is 42.5 Å². The molecule has 1 aliphatic rings. The van der Waals surface area contributed by atoms with Gasteiger partial charge >= 0.3 is 0 Å². The second-order valence-corrected chi connectivity index (χ2v) is 5.13. The van der Waals surface area contributed by atoms with E-state index in [1.807, 2.05) is 4.90 Å². The highest BCUT2D eigenvalue weighted by Crippen LogP contribution is 2.14. The lowest BCUT2D eigenvalue weighted by Gasteiger charge is -2.28. The number of unbranched alkanes of at least 4 members (excludes halogenated alkanes) is 4. The van der Waals surface area contributed by atoms with Crippen LogP contribution in [0.25, 0.3) is 0 Å². The number of carbonyl (C=O) groups excluding carboxylic acids is 1. The Hall–Kier alpha value is -0.280. The molecule has 0 aromatic heterocycles. The Kier molecular flexibility index (Phi) is 7.62. The van der Waals surface area contributed by atoms with E-state index in [2.05, 4.69) is 6.92 Å². The van der Waals surface area contributed by atoms with Crippen molar-refractivity contribution in [2.75, 3.05) is 26.3 Å². The summed E-state index contributed by atoms with van der Waals surface area (Å²) in [5.41, 5.74) is 0. The van der Waals surface area contributed by atoms with E-state index in [1.54, 1.807) is 0 Å². The fraction of sp³-hybridized carbons (Fsp3) is 0.923. The standard InChI is InChI=1S/C13H24ClNO2/c1-2-3-4-5-6-7-12(14)13(16)15-8-10-17-11-9-15/h12H,2-11H2,1H3. The van der Waals surface area contributed by atoms with Gasteiger partial charge in [-0.15, -0.1) is 11.6 Å². The summed E-state index contributed by atoms with van der Waals surface area (Å²) in [4.78, 5) is 13.8. The molecule has 4 heteroatoms. The van der Waals surface area contributed by atoms with Gasteiger partial charge in [0.15, 0.2) is 0 Å². The Bertz CT molecular complexity index is 217. The zero-order chi connectivity index (χ0) is 12.5. The van der Waals surface area contributed by atoms with Gasteiger partial charge in [0, 0.05) is 13.1 Å². The number of alkyl halides is 1. The SMILES string of the molecule is CCCCCCCC(Cl)C(=O)N1CCOCC1. The quantitative estimate of drug-likeness (QED) is 0.521. The van der Waals surface area contributed by atoms with Gasteiger partial charge in [-0.3, -0.25) is 4.79 Å². The van der Waals surface area contributed by atoms with Crippen molar-refractivity contribution in [3.8, 4) is 0 Å². The monoisotopic (exact) mass is 261 g/mol. The molecule has 1 saturated heterocycles. The average molecular weight is 262 g/mol. The van der Waals surface area contributed by atoms with Crippen LogP contribution >= 0.6 is 11.6 Å². The van der Waals surface area contributed by atoms with Gasteiger partial charge in [-0.25, -0.2) is 0 Å². The number of carbonyl (C=O) groups is 1. The summed E-state index contributed by atoms with van der Waals surface area (Å²) >= 11 is 6.15. The minimum atomic E-state index is -0.338. The minimum Gasteiger partial charge on any atom is -0.378 e. The van der Waals surface area contributed by atoms with Gasteiger partial charge < -0.3 is 9.64 Å². The number of amides is 1. The Morgan fingerprint density at radius 1 is 1.24 bits per heavy atom. The fourth-order valence-electron chi connectivity index (χ4n) is 2.03. The third-order valence-corrected chi connectivity index (χ3v) is 3.56. The van der Waals surface area contributed by atoms with Gasteiger partial charge in [0.25, 0.3) is 0 Å². The average Bonchev–Trinajstić information content (AvgIpc) is 2.38. The van der Waals surface area contributed by atoms with Crippen LogP contribution in [0.15, 0.2) is 0 Å². The van der Waals surface area contributed by atoms with Crippen molar-refractivity contribution >= 4 is 17.5 Å². The highest BCUT2D eigenvalue weighted by atomic mass is 35.5. The second-order valence-electron chi connectivity index (χ2n) is 4.61. The van der Waals surface area contributed by atoms with Gasteiger partial charge in [-0.05, 0) is 6.42 Å². The Morgan fingerprint density at radius 3 is 2.53 bits per heavy atom.